The highest BCUT2D eigenvalue weighted by molar-refractivity contribution is 7.89. The Labute approximate surface area is 134 Å². The largest absolute Gasteiger partial charge is 0.314 e. The van der Waals surface area contributed by atoms with Crippen LogP contribution in [0, 0.1) is 20.8 Å². The maximum Gasteiger partial charge on any atom is 0.241 e. The molecule has 1 aromatic rings. The van der Waals surface area contributed by atoms with Gasteiger partial charge < -0.3 is 5.32 Å². The maximum absolute atomic E-state index is 12.6. The van der Waals surface area contributed by atoms with Crippen LogP contribution in [0.4, 0.5) is 0 Å². The molecule has 0 aromatic heterocycles. The van der Waals surface area contributed by atoms with Crippen molar-refractivity contribution in [2.45, 2.75) is 57.5 Å². The zero-order valence-electron chi connectivity index (χ0n) is 13.1. The van der Waals surface area contributed by atoms with Crippen molar-refractivity contribution >= 4 is 22.4 Å². The first-order valence-corrected chi connectivity index (χ1v) is 8.61. The number of nitrogens with one attached hydrogen (secondary N) is 2. The van der Waals surface area contributed by atoms with E-state index >= 15 is 0 Å². The molecule has 2 unspecified atom stereocenters. The van der Waals surface area contributed by atoms with E-state index in [2.05, 4.69) is 17.0 Å². The molecule has 0 bridgehead atoms. The monoisotopic (exact) mass is 332 g/mol. The van der Waals surface area contributed by atoms with Crippen LogP contribution in [-0.4, -0.2) is 27.0 Å². The van der Waals surface area contributed by atoms with Crippen LogP contribution in [0.1, 0.15) is 36.5 Å². The van der Waals surface area contributed by atoms with Gasteiger partial charge in [-0.15, -0.1) is 12.4 Å². The Morgan fingerprint density at radius 1 is 1.19 bits per heavy atom. The molecule has 1 aliphatic rings. The van der Waals surface area contributed by atoms with Crippen LogP contribution < -0.4 is 10.0 Å². The van der Waals surface area contributed by atoms with Gasteiger partial charge >= 0.3 is 0 Å². The molecule has 2 rings (SSSR count). The topological polar surface area (TPSA) is 58.2 Å². The fourth-order valence-corrected chi connectivity index (χ4v) is 4.84. The zero-order valence-corrected chi connectivity index (χ0v) is 14.7. The van der Waals surface area contributed by atoms with Crippen molar-refractivity contribution in [3.8, 4) is 0 Å². The van der Waals surface area contributed by atoms with E-state index in [0.29, 0.717) is 10.9 Å². The van der Waals surface area contributed by atoms with Gasteiger partial charge in [0.1, 0.15) is 0 Å². The maximum atomic E-state index is 12.6. The number of hydrogen-bond acceptors (Lipinski definition) is 3. The van der Waals surface area contributed by atoms with E-state index in [1.54, 1.807) is 0 Å². The molecule has 120 valence electrons. The van der Waals surface area contributed by atoms with Crippen molar-refractivity contribution in [2.75, 3.05) is 6.54 Å². The zero-order chi connectivity index (χ0) is 14.9. The van der Waals surface area contributed by atoms with E-state index in [9.17, 15) is 8.42 Å². The van der Waals surface area contributed by atoms with Gasteiger partial charge in [-0.05, 0) is 58.2 Å². The van der Waals surface area contributed by atoms with Gasteiger partial charge in [-0.1, -0.05) is 17.7 Å². The van der Waals surface area contributed by atoms with Gasteiger partial charge in [-0.2, -0.15) is 0 Å². The van der Waals surface area contributed by atoms with Crippen molar-refractivity contribution in [3.63, 3.8) is 0 Å². The summed E-state index contributed by atoms with van der Waals surface area (Å²) in [6.45, 7) is 8.65. The highest BCUT2D eigenvalue weighted by Gasteiger charge is 2.26. The Hall–Kier alpha value is -0.620. The third-order valence-electron chi connectivity index (χ3n) is 3.82. The number of benzene rings is 1. The Morgan fingerprint density at radius 2 is 1.76 bits per heavy atom. The van der Waals surface area contributed by atoms with Crippen molar-refractivity contribution in [3.05, 3.63) is 28.8 Å². The number of rotatable bonds is 3. The Kier molecular flexibility index (Phi) is 6.23. The van der Waals surface area contributed by atoms with E-state index in [4.69, 9.17) is 0 Å². The number of hydrogen-bond donors (Lipinski definition) is 2. The van der Waals surface area contributed by atoms with Crippen molar-refractivity contribution < 1.29 is 8.42 Å². The SMILES string of the molecule is Cc1cc(C)c(S(=O)(=O)NC2CCNC(C)C2)c(C)c1.Cl. The molecule has 0 radical (unpaired) electrons. The lowest BCUT2D eigenvalue weighted by atomic mass is 10.0. The molecule has 2 atom stereocenters. The van der Waals surface area contributed by atoms with E-state index in [1.807, 2.05) is 32.9 Å². The Morgan fingerprint density at radius 3 is 2.29 bits per heavy atom. The first-order chi connectivity index (χ1) is 9.29. The van der Waals surface area contributed by atoms with Crippen LogP contribution in [0.5, 0.6) is 0 Å². The van der Waals surface area contributed by atoms with Crippen LogP contribution in [0.3, 0.4) is 0 Å². The van der Waals surface area contributed by atoms with E-state index in [-0.39, 0.29) is 18.4 Å². The normalized spacial score (nSPS) is 22.7. The molecule has 4 nitrogen and oxygen atoms in total. The van der Waals surface area contributed by atoms with Gasteiger partial charge in [0, 0.05) is 12.1 Å². The van der Waals surface area contributed by atoms with Crippen LogP contribution >= 0.6 is 12.4 Å². The Bertz CT molecular complexity index is 579. The number of piperidine rings is 1. The van der Waals surface area contributed by atoms with Crippen LogP contribution in [0.15, 0.2) is 17.0 Å². The molecular formula is C15H25ClN2O2S. The molecule has 1 heterocycles. The second-order valence-electron chi connectivity index (χ2n) is 5.93. The smallest absolute Gasteiger partial charge is 0.241 e. The summed E-state index contributed by atoms with van der Waals surface area (Å²) in [5, 5.41) is 3.33. The van der Waals surface area contributed by atoms with Gasteiger partial charge in [-0.25, -0.2) is 13.1 Å². The molecule has 1 fully saturated rings. The molecule has 1 saturated heterocycles. The summed E-state index contributed by atoms with van der Waals surface area (Å²) < 4.78 is 28.1. The molecule has 1 aliphatic heterocycles. The number of aryl methyl sites for hydroxylation is 3. The minimum absolute atomic E-state index is 0. The van der Waals surface area contributed by atoms with Crippen molar-refractivity contribution in [2.24, 2.45) is 0 Å². The summed E-state index contributed by atoms with van der Waals surface area (Å²) in [6, 6.07) is 4.23. The van der Waals surface area contributed by atoms with Crippen LogP contribution in [0.25, 0.3) is 0 Å². The lowest BCUT2D eigenvalue weighted by Crippen LogP contribution is -2.46. The van der Waals surface area contributed by atoms with E-state index in [0.717, 1.165) is 36.1 Å². The van der Waals surface area contributed by atoms with Gasteiger partial charge in [0.05, 0.1) is 4.90 Å². The van der Waals surface area contributed by atoms with Gasteiger partial charge in [0.2, 0.25) is 10.0 Å². The lowest BCUT2D eigenvalue weighted by molar-refractivity contribution is 0.361. The lowest BCUT2D eigenvalue weighted by Gasteiger charge is -2.29. The molecule has 2 N–H and O–H groups in total. The minimum atomic E-state index is -3.44. The second-order valence-corrected chi connectivity index (χ2v) is 7.58. The number of halogens is 1. The van der Waals surface area contributed by atoms with Gasteiger partial charge in [-0.3, -0.25) is 0 Å². The molecule has 21 heavy (non-hydrogen) atoms. The molecule has 1 aromatic carbocycles. The van der Waals surface area contributed by atoms with Gasteiger partial charge in [0.15, 0.2) is 0 Å². The first-order valence-electron chi connectivity index (χ1n) is 7.13. The van der Waals surface area contributed by atoms with E-state index in [1.165, 1.54) is 0 Å². The molecule has 0 aliphatic carbocycles. The molecule has 0 spiro atoms. The standard InChI is InChI=1S/C15H24N2O2S.ClH/c1-10-7-11(2)15(12(3)8-10)20(18,19)17-14-5-6-16-13(4)9-14;/h7-8,13-14,16-17H,5-6,9H2,1-4H3;1H. The molecule has 0 amide bonds. The Balaban J connectivity index is 0.00000220. The first kappa shape index (κ1) is 18.4. The molecular weight excluding hydrogens is 308 g/mol. The van der Waals surface area contributed by atoms with Crippen molar-refractivity contribution in [1.82, 2.24) is 10.0 Å². The quantitative estimate of drug-likeness (QED) is 0.894. The third-order valence-corrected chi connectivity index (χ3v) is 5.64. The van der Waals surface area contributed by atoms with Crippen molar-refractivity contribution in [1.29, 1.82) is 0 Å². The third kappa shape index (κ3) is 4.42. The number of sulfonamides is 1. The average Bonchev–Trinajstić information content (AvgIpc) is 2.25. The van der Waals surface area contributed by atoms with E-state index < -0.39 is 10.0 Å². The summed E-state index contributed by atoms with van der Waals surface area (Å²) in [6.07, 6.45) is 1.68. The summed E-state index contributed by atoms with van der Waals surface area (Å²) in [5.41, 5.74) is 2.73. The highest BCUT2D eigenvalue weighted by atomic mass is 35.5. The average molecular weight is 333 g/mol. The predicted molar refractivity (Wildman–Crippen MR) is 88.7 cm³/mol. The summed E-state index contributed by atoms with van der Waals surface area (Å²) in [5.74, 6) is 0. The molecule has 0 saturated carbocycles. The minimum Gasteiger partial charge on any atom is -0.314 e. The summed E-state index contributed by atoms with van der Waals surface area (Å²) in [7, 11) is -3.44. The highest BCUT2D eigenvalue weighted by Crippen LogP contribution is 2.23. The second kappa shape index (κ2) is 7.09. The van der Waals surface area contributed by atoms with Gasteiger partial charge in [0.25, 0.3) is 0 Å². The molecule has 6 heteroatoms. The van der Waals surface area contributed by atoms with Crippen LogP contribution in [0.2, 0.25) is 0 Å². The predicted octanol–water partition coefficient (Wildman–Crippen LogP) is 2.45. The fourth-order valence-electron chi connectivity index (χ4n) is 3.11. The summed E-state index contributed by atoms with van der Waals surface area (Å²) in [4.78, 5) is 0.439. The summed E-state index contributed by atoms with van der Waals surface area (Å²) >= 11 is 0. The fraction of sp³-hybridized carbons (Fsp3) is 0.600. The van der Waals surface area contributed by atoms with Crippen LogP contribution in [-0.2, 0) is 10.0 Å².